The van der Waals surface area contributed by atoms with Gasteiger partial charge >= 0.3 is 6.18 Å². The van der Waals surface area contributed by atoms with Crippen molar-refractivity contribution in [2.75, 3.05) is 0 Å². The minimum absolute atomic E-state index is 0.356. The normalized spacial score (nSPS) is 12.6. The van der Waals surface area contributed by atoms with Gasteiger partial charge < -0.3 is 5.32 Å². The number of hydrogen-bond donors (Lipinski definition) is 1. The summed E-state index contributed by atoms with van der Waals surface area (Å²) >= 11 is 1.47. The van der Waals surface area contributed by atoms with E-state index in [2.05, 4.69) is 20.3 Å². The van der Waals surface area contributed by atoms with Crippen molar-refractivity contribution < 1.29 is 18.0 Å². The van der Waals surface area contributed by atoms with Gasteiger partial charge in [-0.2, -0.15) is 13.2 Å². The largest absolute Gasteiger partial charge is 0.451 e. The van der Waals surface area contributed by atoms with Gasteiger partial charge in [0.1, 0.15) is 5.01 Å². The van der Waals surface area contributed by atoms with Crippen molar-refractivity contribution in [2.45, 2.75) is 26.1 Å². The summed E-state index contributed by atoms with van der Waals surface area (Å²) in [5, 5.41) is 3.49. The zero-order valence-electron chi connectivity index (χ0n) is 14.4. The molecule has 0 aliphatic carbocycles. The van der Waals surface area contributed by atoms with Gasteiger partial charge in [0.05, 0.1) is 6.04 Å². The van der Waals surface area contributed by atoms with Crippen molar-refractivity contribution in [3.05, 3.63) is 64.7 Å². The van der Waals surface area contributed by atoms with Crippen LogP contribution in [-0.2, 0) is 6.18 Å². The predicted molar refractivity (Wildman–Crippen MR) is 95.2 cm³/mol. The fourth-order valence-electron chi connectivity index (χ4n) is 2.41. The van der Waals surface area contributed by atoms with Crippen LogP contribution in [0, 0.1) is 6.92 Å². The smallest absolute Gasteiger partial charge is 0.345 e. The number of carbonyl (C=O) groups excluding carboxylic acids is 1. The molecule has 0 aliphatic rings. The van der Waals surface area contributed by atoms with Gasteiger partial charge in [0.2, 0.25) is 5.82 Å². The van der Waals surface area contributed by atoms with E-state index in [0.29, 0.717) is 16.7 Å². The molecule has 0 saturated heterocycles. The van der Waals surface area contributed by atoms with Crippen molar-refractivity contribution in [3.63, 3.8) is 0 Å². The molecule has 0 aliphatic heterocycles. The molecule has 2 heterocycles. The van der Waals surface area contributed by atoms with E-state index in [1.54, 1.807) is 31.3 Å². The highest BCUT2D eigenvalue weighted by Gasteiger charge is 2.34. The van der Waals surface area contributed by atoms with Crippen LogP contribution in [0.4, 0.5) is 13.2 Å². The standard InChI is InChI=1S/C18H15F3N4OS/c1-10-7-22-16(27-10)14-6-4-3-5-13(14)15(26)25-11(2)12-8-23-17(24-9-12)18(19,20)21/h3-9,11H,1-2H3,(H,25,26). The Labute approximate surface area is 157 Å². The Hall–Kier alpha value is -2.81. The lowest BCUT2D eigenvalue weighted by atomic mass is 10.1. The first-order chi connectivity index (χ1) is 12.8. The van der Waals surface area contributed by atoms with Crippen LogP contribution >= 0.6 is 11.3 Å². The lowest BCUT2D eigenvalue weighted by Gasteiger charge is -2.15. The second-order valence-corrected chi connectivity index (χ2v) is 7.09. The summed E-state index contributed by atoms with van der Waals surface area (Å²) in [7, 11) is 0. The molecular weight excluding hydrogens is 377 g/mol. The average Bonchev–Trinajstić information content (AvgIpc) is 3.07. The highest BCUT2D eigenvalue weighted by atomic mass is 32.1. The van der Waals surface area contributed by atoms with E-state index in [9.17, 15) is 18.0 Å². The molecule has 140 valence electrons. The van der Waals surface area contributed by atoms with Crippen molar-refractivity contribution in [3.8, 4) is 10.6 Å². The molecule has 3 aromatic rings. The van der Waals surface area contributed by atoms with E-state index < -0.39 is 18.0 Å². The van der Waals surface area contributed by atoms with Crippen LogP contribution in [0.5, 0.6) is 0 Å². The number of nitrogens with zero attached hydrogens (tertiary/aromatic N) is 3. The van der Waals surface area contributed by atoms with Gasteiger partial charge in [-0.3, -0.25) is 4.79 Å². The molecule has 0 bridgehead atoms. The van der Waals surface area contributed by atoms with Crippen LogP contribution in [0.15, 0.2) is 42.9 Å². The summed E-state index contributed by atoms with van der Waals surface area (Å²) in [5.41, 5.74) is 1.51. The van der Waals surface area contributed by atoms with E-state index >= 15 is 0 Å². The van der Waals surface area contributed by atoms with Crippen molar-refractivity contribution >= 4 is 17.2 Å². The molecule has 0 fully saturated rings. The van der Waals surface area contributed by atoms with Crippen LogP contribution in [-0.4, -0.2) is 20.9 Å². The van der Waals surface area contributed by atoms with Crippen LogP contribution in [0.1, 0.15) is 39.6 Å². The molecule has 0 radical (unpaired) electrons. The second-order valence-electron chi connectivity index (χ2n) is 5.85. The van der Waals surface area contributed by atoms with Gasteiger partial charge in [0, 0.05) is 40.2 Å². The average molecular weight is 392 g/mol. The van der Waals surface area contributed by atoms with Crippen LogP contribution < -0.4 is 5.32 Å². The van der Waals surface area contributed by atoms with Gasteiger partial charge in [-0.1, -0.05) is 18.2 Å². The van der Waals surface area contributed by atoms with Crippen molar-refractivity contribution in [1.82, 2.24) is 20.3 Å². The molecule has 5 nitrogen and oxygen atoms in total. The lowest BCUT2D eigenvalue weighted by molar-refractivity contribution is -0.145. The molecule has 1 amide bonds. The van der Waals surface area contributed by atoms with Crippen molar-refractivity contribution in [2.24, 2.45) is 0 Å². The first-order valence-electron chi connectivity index (χ1n) is 7.97. The van der Waals surface area contributed by atoms with Crippen LogP contribution in [0.2, 0.25) is 0 Å². The highest BCUT2D eigenvalue weighted by molar-refractivity contribution is 7.15. The summed E-state index contributed by atoms with van der Waals surface area (Å²) in [6.45, 7) is 3.58. The molecule has 0 saturated carbocycles. The Bertz CT molecular complexity index is 954. The minimum atomic E-state index is -4.60. The molecule has 0 spiro atoms. The molecule has 3 rings (SSSR count). The fraction of sp³-hybridized carbons (Fsp3) is 0.222. The summed E-state index contributed by atoms with van der Waals surface area (Å²) in [6.07, 6.45) is -0.736. The number of halogens is 3. The first kappa shape index (κ1) is 19.0. The Balaban J connectivity index is 1.80. The Morgan fingerprint density at radius 2 is 1.78 bits per heavy atom. The molecule has 2 aromatic heterocycles. The van der Waals surface area contributed by atoms with E-state index in [1.165, 1.54) is 11.3 Å². The third-order valence-corrected chi connectivity index (χ3v) is 4.74. The molecule has 1 atom stereocenters. The number of nitrogens with one attached hydrogen (secondary N) is 1. The van der Waals surface area contributed by atoms with E-state index in [4.69, 9.17) is 0 Å². The van der Waals surface area contributed by atoms with Gasteiger partial charge in [-0.05, 0) is 19.9 Å². The SMILES string of the molecule is Cc1cnc(-c2ccccc2C(=O)NC(C)c2cnc(C(F)(F)F)nc2)s1. The highest BCUT2D eigenvalue weighted by Crippen LogP contribution is 2.29. The first-order valence-corrected chi connectivity index (χ1v) is 8.79. The number of benzene rings is 1. The van der Waals surface area contributed by atoms with Gasteiger partial charge in [-0.15, -0.1) is 11.3 Å². The van der Waals surface area contributed by atoms with E-state index in [1.807, 2.05) is 13.0 Å². The van der Waals surface area contributed by atoms with Gasteiger partial charge in [-0.25, -0.2) is 15.0 Å². The maximum absolute atomic E-state index is 12.7. The molecule has 1 N–H and O–H groups in total. The summed E-state index contributed by atoms with van der Waals surface area (Å²) in [6, 6.07) is 6.47. The lowest BCUT2D eigenvalue weighted by Crippen LogP contribution is -2.27. The number of amides is 1. The zero-order valence-corrected chi connectivity index (χ0v) is 15.2. The summed E-state index contributed by atoms with van der Waals surface area (Å²) in [5.74, 6) is -1.57. The molecule has 1 unspecified atom stereocenters. The van der Waals surface area contributed by atoms with Crippen LogP contribution in [0.25, 0.3) is 10.6 Å². The third kappa shape index (κ3) is 4.30. The third-order valence-electron chi connectivity index (χ3n) is 3.80. The number of rotatable bonds is 4. The minimum Gasteiger partial charge on any atom is -0.345 e. The number of hydrogen-bond acceptors (Lipinski definition) is 5. The summed E-state index contributed by atoms with van der Waals surface area (Å²) < 4.78 is 37.7. The Morgan fingerprint density at radius 1 is 1.11 bits per heavy atom. The number of carbonyl (C=O) groups is 1. The van der Waals surface area contributed by atoms with Gasteiger partial charge in [0.25, 0.3) is 5.91 Å². The molecule has 27 heavy (non-hydrogen) atoms. The maximum Gasteiger partial charge on any atom is 0.451 e. The van der Waals surface area contributed by atoms with Gasteiger partial charge in [0.15, 0.2) is 0 Å². The maximum atomic E-state index is 12.7. The fourth-order valence-corrected chi connectivity index (χ4v) is 3.22. The monoisotopic (exact) mass is 392 g/mol. The predicted octanol–water partition coefficient (Wildman–Crippen LogP) is 4.42. The van der Waals surface area contributed by atoms with Crippen LogP contribution in [0.3, 0.4) is 0 Å². The molecule has 9 heteroatoms. The Morgan fingerprint density at radius 3 is 2.37 bits per heavy atom. The Kier molecular flexibility index (Phi) is 5.22. The van der Waals surface area contributed by atoms with E-state index in [0.717, 1.165) is 22.3 Å². The van der Waals surface area contributed by atoms with E-state index in [-0.39, 0.29) is 5.91 Å². The number of thiazole rings is 1. The molecular formula is C18H15F3N4OS. The zero-order chi connectivity index (χ0) is 19.6. The van der Waals surface area contributed by atoms with Crippen molar-refractivity contribution in [1.29, 1.82) is 0 Å². The number of aryl methyl sites for hydroxylation is 1. The molecule has 1 aromatic carbocycles. The quantitative estimate of drug-likeness (QED) is 0.714. The topological polar surface area (TPSA) is 67.8 Å². The summed E-state index contributed by atoms with van der Waals surface area (Å²) in [4.78, 5) is 24.7. The second kappa shape index (κ2) is 7.43. The number of alkyl halides is 3. The number of aromatic nitrogens is 3.